The van der Waals surface area contributed by atoms with Crippen LogP contribution in [0.5, 0.6) is 5.75 Å². The van der Waals surface area contributed by atoms with E-state index in [1.807, 2.05) is 18.2 Å². The van der Waals surface area contributed by atoms with E-state index >= 15 is 0 Å². The molecule has 0 aromatic heterocycles. The number of rotatable bonds is 1. The summed E-state index contributed by atoms with van der Waals surface area (Å²) < 4.78 is 5.05. The van der Waals surface area contributed by atoms with Crippen molar-refractivity contribution in [3.05, 3.63) is 35.4 Å². The van der Waals surface area contributed by atoms with E-state index < -0.39 is 6.09 Å². The first-order valence-electron chi connectivity index (χ1n) is 4.97. The van der Waals surface area contributed by atoms with Gasteiger partial charge in [0.15, 0.2) is 5.75 Å². The van der Waals surface area contributed by atoms with Gasteiger partial charge in [-0.15, -0.1) is 0 Å². The normalized spacial score (nSPS) is 18.6. The quantitative estimate of drug-likeness (QED) is 0.769. The van der Waals surface area contributed by atoms with Crippen molar-refractivity contribution >= 4 is 12.3 Å². The monoisotopic (exact) mass is 217 g/mol. The van der Waals surface area contributed by atoms with Crippen LogP contribution in [0.1, 0.15) is 11.1 Å². The Hall–Kier alpha value is -2.04. The molecule has 1 fully saturated rings. The van der Waals surface area contributed by atoms with Gasteiger partial charge in [-0.25, -0.2) is 4.79 Å². The van der Waals surface area contributed by atoms with E-state index in [4.69, 9.17) is 9.57 Å². The first-order chi connectivity index (χ1) is 7.84. The molecule has 2 aliphatic rings. The van der Waals surface area contributed by atoms with Crippen molar-refractivity contribution in [2.24, 2.45) is 5.16 Å². The molecule has 2 heterocycles. The van der Waals surface area contributed by atoms with Crippen LogP contribution in [0.2, 0.25) is 0 Å². The molecule has 0 unspecified atom stereocenters. The highest BCUT2D eigenvalue weighted by Gasteiger charge is 2.30. The van der Waals surface area contributed by atoms with Crippen LogP contribution >= 0.6 is 0 Å². The van der Waals surface area contributed by atoms with Gasteiger partial charge in [-0.2, -0.15) is 0 Å². The van der Waals surface area contributed by atoms with Crippen LogP contribution in [0.3, 0.4) is 0 Å². The first-order valence-corrected chi connectivity index (χ1v) is 4.97. The highest BCUT2D eigenvalue weighted by Crippen LogP contribution is 2.33. The van der Waals surface area contributed by atoms with E-state index in [-0.39, 0.29) is 0 Å². The Morgan fingerprint density at radius 3 is 3.12 bits per heavy atom. The van der Waals surface area contributed by atoms with Gasteiger partial charge in [-0.1, -0.05) is 23.4 Å². The van der Waals surface area contributed by atoms with E-state index in [1.165, 1.54) is 0 Å². The number of hydrogen-bond acceptors (Lipinski definition) is 4. The van der Waals surface area contributed by atoms with Gasteiger partial charge in [0, 0.05) is 23.8 Å². The number of hydrogen-bond donors (Lipinski definition) is 1. The van der Waals surface area contributed by atoms with Crippen molar-refractivity contribution in [3.8, 4) is 5.75 Å². The molecule has 3 rings (SSSR count). The molecule has 1 aromatic carbocycles. The number of para-hydroxylation sites is 1. The fraction of sp³-hybridized carbons (Fsp3) is 0.182. The third-order valence-electron chi connectivity index (χ3n) is 2.54. The van der Waals surface area contributed by atoms with Gasteiger partial charge in [-0.05, 0) is 0 Å². The lowest BCUT2D eigenvalue weighted by atomic mass is 10.0. The summed E-state index contributed by atoms with van der Waals surface area (Å²) in [5.74, 6) is 0.677. The number of alkyl carbamates (subject to hydrolysis) is 1. The highest BCUT2D eigenvalue weighted by molar-refractivity contribution is 5.73. The largest absolute Gasteiger partial charge is 0.431 e. The summed E-state index contributed by atoms with van der Waals surface area (Å²) in [5.41, 5.74) is 1.83. The molecule has 5 heteroatoms. The molecule has 1 radical (unpaired) electrons. The highest BCUT2D eigenvalue weighted by atomic mass is 16.6. The summed E-state index contributed by atoms with van der Waals surface area (Å²) in [6.07, 6.45) is 2.60. The average molecular weight is 217 g/mol. The lowest BCUT2D eigenvalue weighted by molar-refractivity contribution is 0.183. The van der Waals surface area contributed by atoms with E-state index in [0.29, 0.717) is 18.4 Å². The zero-order chi connectivity index (χ0) is 11.0. The van der Waals surface area contributed by atoms with Crippen molar-refractivity contribution in [2.75, 3.05) is 6.54 Å². The molecular weight excluding hydrogens is 208 g/mol. The number of cyclic esters (lactones) is 1. The van der Waals surface area contributed by atoms with Crippen molar-refractivity contribution in [3.63, 3.8) is 0 Å². The fourth-order valence-corrected chi connectivity index (χ4v) is 1.79. The minimum atomic E-state index is -0.424. The number of ether oxygens (including phenoxy) is 1. The Bertz CT molecular complexity index is 470. The molecule has 2 aliphatic heterocycles. The topological polar surface area (TPSA) is 59.9 Å². The first kappa shape index (κ1) is 9.21. The fourth-order valence-electron chi connectivity index (χ4n) is 1.79. The maximum atomic E-state index is 11.0. The average Bonchev–Trinajstić information content (AvgIpc) is 2.75. The lowest BCUT2D eigenvalue weighted by Gasteiger charge is -2.16. The molecule has 0 saturated carbocycles. The van der Waals surface area contributed by atoms with Crippen LogP contribution < -0.4 is 10.2 Å². The number of benzene rings is 1. The minimum absolute atomic E-state index is 0.391. The second-order valence-electron chi connectivity index (χ2n) is 3.54. The van der Waals surface area contributed by atoms with Gasteiger partial charge in [0.05, 0.1) is 6.54 Å². The molecule has 16 heavy (non-hydrogen) atoms. The summed E-state index contributed by atoms with van der Waals surface area (Å²) in [7, 11) is 0. The maximum absolute atomic E-state index is 11.0. The molecule has 1 saturated heterocycles. The predicted octanol–water partition coefficient (Wildman–Crippen LogP) is 1.23. The molecule has 1 N–H and O–H groups in total. The van der Waals surface area contributed by atoms with Gasteiger partial charge in [0.25, 0.3) is 0 Å². The Balaban J connectivity index is 1.99. The smallest absolute Gasteiger partial charge is 0.408 e. The number of carbonyl (C=O) groups excluding carboxylic acids is 1. The molecule has 0 spiro atoms. The predicted molar refractivity (Wildman–Crippen MR) is 56.1 cm³/mol. The molecular formula is C11H9N2O3. The van der Waals surface area contributed by atoms with Crippen LogP contribution in [-0.4, -0.2) is 18.9 Å². The lowest BCUT2D eigenvalue weighted by Crippen LogP contribution is -2.13. The number of nitrogens with one attached hydrogen (secondary N) is 1. The minimum Gasteiger partial charge on any atom is -0.431 e. The van der Waals surface area contributed by atoms with Crippen LogP contribution in [0.15, 0.2) is 23.4 Å². The summed E-state index contributed by atoms with van der Waals surface area (Å²) in [6, 6.07) is 5.74. The summed E-state index contributed by atoms with van der Waals surface area (Å²) in [6.45, 7) is 0.391. The van der Waals surface area contributed by atoms with Crippen LogP contribution in [0.25, 0.3) is 0 Å². The molecule has 81 valence electrons. The summed E-state index contributed by atoms with van der Waals surface area (Å²) in [4.78, 5) is 16.2. The second-order valence-corrected chi connectivity index (χ2v) is 3.54. The summed E-state index contributed by atoms with van der Waals surface area (Å²) in [5, 5.41) is 6.35. The van der Waals surface area contributed by atoms with Gasteiger partial charge in [0.1, 0.15) is 0 Å². The van der Waals surface area contributed by atoms with E-state index in [9.17, 15) is 4.79 Å². The zero-order valence-electron chi connectivity index (χ0n) is 8.40. The van der Waals surface area contributed by atoms with Gasteiger partial charge < -0.3 is 14.9 Å². The standard InChI is InChI=1S/C11H9N2O3/c14-11-12-6-9(15-11)8-3-1-2-7-4-5-13-16-10(7)8/h1-3,5H,4,6H2,(H,12,14). The number of carbonyl (C=O) groups is 1. The number of fused-ring (bicyclic) bond motifs is 1. The molecule has 5 nitrogen and oxygen atoms in total. The van der Waals surface area contributed by atoms with E-state index in [1.54, 1.807) is 6.21 Å². The van der Waals surface area contributed by atoms with Crippen LogP contribution in [-0.2, 0) is 11.2 Å². The maximum Gasteiger partial charge on any atom is 0.408 e. The molecule has 0 aliphatic carbocycles. The third kappa shape index (κ3) is 1.41. The van der Waals surface area contributed by atoms with E-state index in [0.717, 1.165) is 17.5 Å². The van der Waals surface area contributed by atoms with Gasteiger partial charge in [-0.3, -0.25) is 0 Å². The Morgan fingerprint density at radius 2 is 2.31 bits per heavy atom. The summed E-state index contributed by atoms with van der Waals surface area (Å²) >= 11 is 0. The van der Waals surface area contributed by atoms with E-state index in [2.05, 4.69) is 10.5 Å². The Morgan fingerprint density at radius 1 is 1.38 bits per heavy atom. The second kappa shape index (κ2) is 3.52. The molecule has 1 aromatic rings. The number of oxime groups is 1. The van der Waals surface area contributed by atoms with Crippen molar-refractivity contribution in [2.45, 2.75) is 6.42 Å². The number of amides is 1. The van der Waals surface area contributed by atoms with Crippen molar-refractivity contribution < 1.29 is 14.4 Å². The number of nitrogens with zero attached hydrogens (tertiary/aromatic N) is 1. The molecule has 0 bridgehead atoms. The Kier molecular flexibility index (Phi) is 2.02. The van der Waals surface area contributed by atoms with Crippen molar-refractivity contribution in [1.82, 2.24) is 5.32 Å². The zero-order valence-corrected chi connectivity index (χ0v) is 8.40. The molecule has 1 amide bonds. The van der Waals surface area contributed by atoms with Gasteiger partial charge in [0.2, 0.25) is 6.10 Å². The molecule has 0 atom stereocenters. The van der Waals surface area contributed by atoms with Crippen molar-refractivity contribution in [1.29, 1.82) is 0 Å². The SMILES string of the molecule is O=C1NC[C](c2cccc3c2ON=CC3)O1. The Labute approximate surface area is 92.0 Å². The van der Waals surface area contributed by atoms with Gasteiger partial charge >= 0.3 is 6.09 Å². The third-order valence-corrected chi connectivity index (χ3v) is 2.54. The van der Waals surface area contributed by atoms with Crippen LogP contribution in [0, 0.1) is 6.10 Å². The van der Waals surface area contributed by atoms with Crippen LogP contribution in [0.4, 0.5) is 4.79 Å².